The summed E-state index contributed by atoms with van der Waals surface area (Å²) < 4.78 is 38.0. The van der Waals surface area contributed by atoms with Crippen LogP contribution in [-0.2, 0) is 9.53 Å². The number of carbonyl (C=O) groups is 2. The molecule has 188 valence electrons. The average molecular weight is 491 g/mol. The van der Waals surface area contributed by atoms with E-state index in [1.165, 1.54) is 11.6 Å². The number of amides is 2. The van der Waals surface area contributed by atoms with Gasteiger partial charge < -0.3 is 14.6 Å². The zero-order chi connectivity index (χ0) is 25.8. The van der Waals surface area contributed by atoms with E-state index in [0.717, 1.165) is 12.1 Å². The lowest BCUT2D eigenvalue weighted by atomic mass is 9.94. The summed E-state index contributed by atoms with van der Waals surface area (Å²) in [7, 11) is 0. The first kappa shape index (κ1) is 27.5. The zero-order valence-corrected chi connectivity index (χ0v) is 19.3. The minimum Gasteiger partial charge on any atom is -0.491 e. The van der Waals surface area contributed by atoms with E-state index in [2.05, 4.69) is 5.32 Å². The molecule has 35 heavy (non-hydrogen) atoms. The van der Waals surface area contributed by atoms with Gasteiger partial charge in [0.2, 0.25) is 0 Å². The van der Waals surface area contributed by atoms with Crippen LogP contribution in [0.2, 0.25) is 0 Å². The maximum absolute atomic E-state index is 13.9. The molecule has 0 radical (unpaired) electrons. The summed E-state index contributed by atoms with van der Waals surface area (Å²) in [5.74, 6) is -2.10. The van der Waals surface area contributed by atoms with Crippen LogP contribution in [0, 0.1) is 17.6 Å². The monoisotopic (exact) mass is 490 g/mol. The van der Waals surface area contributed by atoms with Crippen molar-refractivity contribution in [1.82, 2.24) is 5.48 Å². The fourth-order valence-electron chi connectivity index (χ4n) is 3.15. The lowest BCUT2D eigenvalue weighted by Crippen LogP contribution is -2.22. The molecule has 2 rings (SSSR count). The number of allylic oxidation sites excluding steroid dienone is 3. The molecule has 0 saturated carbocycles. The number of ether oxygens (including phenoxy) is 2. The summed E-state index contributed by atoms with van der Waals surface area (Å²) in [6.07, 6.45) is 3.45. The lowest BCUT2D eigenvalue weighted by Gasteiger charge is -2.24. The minimum absolute atomic E-state index is 0.132. The molecule has 0 heterocycles. The smallest absolute Gasteiger partial charge is 0.412 e. The first-order valence-electron chi connectivity index (χ1n) is 10.8. The van der Waals surface area contributed by atoms with Crippen molar-refractivity contribution in [2.24, 2.45) is 5.92 Å². The first-order chi connectivity index (χ1) is 16.7. The number of benzene rings is 2. The van der Waals surface area contributed by atoms with E-state index in [-0.39, 0.29) is 24.8 Å². The molecule has 0 bridgehead atoms. The van der Waals surface area contributed by atoms with Gasteiger partial charge in [0, 0.05) is 18.1 Å². The van der Waals surface area contributed by atoms with Crippen LogP contribution >= 0.6 is 0 Å². The van der Waals surface area contributed by atoms with Crippen molar-refractivity contribution in [2.75, 3.05) is 18.5 Å². The Morgan fingerprint density at radius 1 is 1.14 bits per heavy atom. The van der Waals surface area contributed by atoms with Gasteiger partial charge in [-0.15, -0.1) is 0 Å². The highest BCUT2D eigenvalue weighted by atomic mass is 19.1. The number of hydroxylamine groups is 1. The Balaban J connectivity index is 2.18. The van der Waals surface area contributed by atoms with Crippen molar-refractivity contribution < 1.29 is 38.2 Å². The molecule has 0 spiro atoms. The van der Waals surface area contributed by atoms with Gasteiger partial charge in [-0.05, 0) is 48.7 Å². The fourth-order valence-corrected chi connectivity index (χ4v) is 3.15. The summed E-state index contributed by atoms with van der Waals surface area (Å²) in [5, 5.41) is 19.8. The number of aliphatic hydroxyl groups is 1. The summed E-state index contributed by atoms with van der Waals surface area (Å²) in [4.78, 5) is 23.8. The molecule has 4 N–H and O–H groups in total. The van der Waals surface area contributed by atoms with Gasteiger partial charge in [-0.25, -0.2) is 19.1 Å². The van der Waals surface area contributed by atoms with Crippen LogP contribution in [-0.4, -0.2) is 35.5 Å². The third-order valence-corrected chi connectivity index (χ3v) is 4.84. The molecule has 2 aromatic carbocycles. The van der Waals surface area contributed by atoms with Gasteiger partial charge >= 0.3 is 6.09 Å². The van der Waals surface area contributed by atoms with Gasteiger partial charge in [-0.2, -0.15) is 0 Å². The molecule has 0 unspecified atom stereocenters. The van der Waals surface area contributed by atoms with Gasteiger partial charge in [-0.1, -0.05) is 31.2 Å². The predicted octanol–water partition coefficient (Wildman–Crippen LogP) is 4.66. The van der Waals surface area contributed by atoms with E-state index in [1.807, 2.05) is 6.92 Å². The Morgan fingerprint density at radius 2 is 1.86 bits per heavy atom. The summed E-state index contributed by atoms with van der Waals surface area (Å²) in [5.41, 5.74) is 2.53. The van der Waals surface area contributed by atoms with E-state index >= 15 is 0 Å². The molecular formula is C25H28F2N2O6. The Bertz CT molecular complexity index is 1060. The van der Waals surface area contributed by atoms with Gasteiger partial charge in [0.1, 0.15) is 30.1 Å². The molecule has 0 aliphatic heterocycles. The molecule has 10 heteroatoms. The van der Waals surface area contributed by atoms with Crippen molar-refractivity contribution in [3.8, 4) is 5.75 Å². The Morgan fingerprint density at radius 3 is 2.49 bits per heavy atom. The number of carbonyl (C=O) groups excluding carboxylic acids is 2. The van der Waals surface area contributed by atoms with Gasteiger partial charge in [0.25, 0.3) is 5.91 Å². The number of aliphatic hydroxyl groups excluding tert-OH is 1. The SMILES string of the molecule is CC(/C=C/C[C@H](C)[C@@H](OC(=O)Nc1ccc(F)cc1F)c1ccc(OCCO)cc1)=C\C(=O)NO. The van der Waals surface area contributed by atoms with Crippen LogP contribution in [0.25, 0.3) is 0 Å². The fraction of sp³-hybridized carbons (Fsp3) is 0.280. The number of nitrogens with one attached hydrogen (secondary N) is 2. The van der Waals surface area contributed by atoms with Crippen LogP contribution < -0.4 is 15.5 Å². The van der Waals surface area contributed by atoms with E-state index in [9.17, 15) is 18.4 Å². The largest absolute Gasteiger partial charge is 0.491 e. The molecule has 2 amide bonds. The van der Waals surface area contributed by atoms with Crippen LogP contribution in [0.4, 0.5) is 19.3 Å². The normalized spacial score (nSPS) is 13.3. The Kier molecular flexibility index (Phi) is 10.9. The van der Waals surface area contributed by atoms with Crippen LogP contribution in [0.15, 0.2) is 66.3 Å². The van der Waals surface area contributed by atoms with Crippen molar-refractivity contribution in [3.63, 3.8) is 0 Å². The molecule has 0 saturated heterocycles. The van der Waals surface area contributed by atoms with Gasteiger partial charge in [0.15, 0.2) is 0 Å². The van der Waals surface area contributed by atoms with Crippen molar-refractivity contribution in [1.29, 1.82) is 0 Å². The van der Waals surface area contributed by atoms with Crippen LogP contribution in [0.5, 0.6) is 5.75 Å². The molecule has 0 aromatic heterocycles. The van der Waals surface area contributed by atoms with Crippen LogP contribution in [0.3, 0.4) is 0 Å². The molecule has 8 nitrogen and oxygen atoms in total. The van der Waals surface area contributed by atoms with E-state index in [1.54, 1.807) is 43.3 Å². The lowest BCUT2D eigenvalue weighted by molar-refractivity contribution is -0.124. The van der Waals surface area contributed by atoms with E-state index in [0.29, 0.717) is 29.4 Å². The van der Waals surface area contributed by atoms with Crippen molar-refractivity contribution >= 4 is 17.7 Å². The maximum Gasteiger partial charge on any atom is 0.412 e. The molecule has 2 aromatic rings. The number of hydrogen-bond donors (Lipinski definition) is 4. The Labute approximate surface area is 201 Å². The third-order valence-electron chi connectivity index (χ3n) is 4.84. The summed E-state index contributed by atoms with van der Waals surface area (Å²) in [6, 6.07) is 9.52. The topological polar surface area (TPSA) is 117 Å². The van der Waals surface area contributed by atoms with Crippen LogP contribution in [0.1, 0.15) is 31.9 Å². The summed E-state index contributed by atoms with van der Waals surface area (Å²) in [6.45, 7) is 3.52. The Hall–Kier alpha value is -3.76. The second-order valence-electron chi connectivity index (χ2n) is 7.70. The van der Waals surface area contributed by atoms with Gasteiger partial charge in [-0.3, -0.25) is 15.3 Å². The van der Waals surface area contributed by atoms with E-state index < -0.39 is 29.7 Å². The highest BCUT2D eigenvalue weighted by molar-refractivity contribution is 5.87. The van der Waals surface area contributed by atoms with Crippen molar-refractivity contribution in [3.05, 3.63) is 83.5 Å². The van der Waals surface area contributed by atoms with E-state index in [4.69, 9.17) is 19.8 Å². The number of hydrogen-bond acceptors (Lipinski definition) is 6. The third kappa shape index (κ3) is 9.19. The first-order valence-corrected chi connectivity index (χ1v) is 10.8. The minimum atomic E-state index is -0.936. The highest BCUT2D eigenvalue weighted by Gasteiger charge is 2.24. The molecule has 0 aliphatic carbocycles. The maximum atomic E-state index is 13.9. The summed E-state index contributed by atoms with van der Waals surface area (Å²) >= 11 is 0. The standard InChI is InChI=1S/C25H28F2N2O6/c1-16(14-23(31)29-33)4-3-5-17(2)24(18-6-9-20(10-7-18)34-13-12-30)35-25(32)28-22-11-8-19(26)15-21(22)27/h3-4,6-11,14-15,17,24,30,33H,5,12-13H2,1-2H3,(H,28,32)(H,29,31)/b4-3+,16-14+/t17-,24+/m0/s1. The van der Waals surface area contributed by atoms with Gasteiger partial charge in [0.05, 0.1) is 12.3 Å². The second kappa shape index (κ2) is 13.8. The van der Waals surface area contributed by atoms with Crippen molar-refractivity contribution in [2.45, 2.75) is 26.4 Å². The highest BCUT2D eigenvalue weighted by Crippen LogP contribution is 2.31. The molecule has 2 atom stereocenters. The predicted molar refractivity (Wildman–Crippen MR) is 125 cm³/mol. The molecular weight excluding hydrogens is 462 g/mol. The quantitative estimate of drug-likeness (QED) is 0.158. The number of halogens is 2. The average Bonchev–Trinajstić information content (AvgIpc) is 2.83. The zero-order valence-electron chi connectivity index (χ0n) is 19.3. The number of anilines is 1. The number of rotatable bonds is 11. The second-order valence-corrected chi connectivity index (χ2v) is 7.70. The molecule has 0 fully saturated rings. The molecule has 0 aliphatic rings.